The molecule has 0 radical (unpaired) electrons. The van der Waals surface area contributed by atoms with E-state index < -0.39 is 12.7 Å². The molecule has 2 N–H and O–H groups in total. The number of alkyl halides is 3. The minimum atomic E-state index is -4.15. The Morgan fingerprint density at radius 2 is 1.77 bits per heavy atom. The minimum Gasteiger partial charge on any atom is -0.355 e. The van der Waals surface area contributed by atoms with Gasteiger partial charge in [-0.2, -0.15) is 13.2 Å². The van der Waals surface area contributed by atoms with Crippen molar-refractivity contribution < 1.29 is 13.2 Å². The van der Waals surface area contributed by atoms with E-state index in [1.165, 1.54) is 37.6 Å². The first kappa shape index (κ1) is 23.7. The van der Waals surface area contributed by atoms with Gasteiger partial charge in [0.2, 0.25) is 0 Å². The summed E-state index contributed by atoms with van der Waals surface area (Å²) in [6, 6.07) is 1.17. The molecule has 0 bridgehead atoms. The van der Waals surface area contributed by atoms with Gasteiger partial charge in [0.25, 0.3) is 0 Å². The van der Waals surface area contributed by atoms with Gasteiger partial charge >= 0.3 is 6.18 Å². The van der Waals surface area contributed by atoms with Gasteiger partial charge in [0.1, 0.15) is 0 Å². The Hall–Kier alpha value is -0.290. The van der Waals surface area contributed by atoms with Crippen molar-refractivity contribution in [2.75, 3.05) is 46.8 Å². The summed E-state index contributed by atoms with van der Waals surface area (Å²) in [5.74, 6) is 0.680. The lowest BCUT2D eigenvalue weighted by Gasteiger charge is -2.36. The SMILES string of the molecule is CN=C(NCCN(C)CC(F)(F)F)NC1CCN(C2CCCC2)CC1.I. The maximum absolute atomic E-state index is 12.3. The molecular formula is C17H33F3IN5. The van der Waals surface area contributed by atoms with Crippen molar-refractivity contribution in [3.63, 3.8) is 0 Å². The highest BCUT2D eigenvalue weighted by Crippen LogP contribution is 2.26. The van der Waals surface area contributed by atoms with Crippen LogP contribution in [0.1, 0.15) is 38.5 Å². The van der Waals surface area contributed by atoms with E-state index in [0.29, 0.717) is 25.1 Å². The summed E-state index contributed by atoms with van der Waals surface area (Å²) in [7, 11) is 3.17. The van der Waals surface area contributed by atoms with Crippen LogP contribution in [0.2, 0.25) is 0 Å². The summed E-state index contributed by atoms with van der Waals surface area (Å²) < 4.78 is 36.9. The summed E-state index contributed by atoms with van der Waals surface area (Å²) >= 11 is 0. The highest BCUT2D eigenvalue weighted by Gasteiger charge is 2.29. The Morgan fingerprint density at radius 1 is 1.15 bits per heavy atom. The zero-order valence-corrected chi connectivity index (χ0v) is 18.1. The highest BCUT2D eigenvalue weighted by atomic mass is 127. The standard InChI is InChI=1S/C17H32F3N5.HI/c1-21-16(22-9-12-24(2)13-17(18,19)20)23-14-7-10-25(11-8-14)15-5-3-4-6-15;/h14-15H,3-13H2,1-2H3,(H2,21,22,23);1H. The molecule has 2 rings (SSSR count). The van der Waals surface area contributed by atoms with Crippen LogP contribution in [0.3, 0.4) is 0 Å². The predicted octanol–water partition coefficient (Wildman–Crippen LogP) is 2.67. The molecule has 2 fully saturated rings. The number of hydrogen-bond donors (Lipinski definition) is 2. The van der Waals surface area contributed by atoms with Crippen LogP contribution in [0.25, 0.3) is 0 Å². The van der Waals surface area contributed by atoms with Crippen LogP contribution in [-0.2, 0) is 0 Å². The number of nitrogens with zero attached hydrogens (tertiary/aromatic N) is 3. The minimum absolute atomic E-state index is 0. The average molecular weight is 491 g/mol. The molecule has 0 aromatic rings. The van der Waals surface area contributed by atoms with Gasteiger partial charge in [-0.1, -0.05) is 12.8 Å². The second-order valence-corrected chi connectivity index (χ2v) is 7.24. The predicted molar refractivity (Wildman–Crippen MR) is 110 cm³/mol. The molecule has 154 valence electrons. The van der Waals surface area contributed by atoms with Gasteiger partial charge in [-0.05, 0) is 32.7 Å². The largest absolute Gasteiger partial charge is 0.401 e. The first-order valence-corrected chi connectivity index (χ1v) is 9.34. The topological polar surface area (TPSA) is 42.9 Å². The summed E-state index contributed by atoms with van der Waals surface area (Å²) in [6.45, 7) is 2.11. The highest BCUT2D eigenvalue weighted by molar-refractivity contribution is 14.0. The van der Waals surface area contributed by atoms with Crippen molar-refractivity contribution in [3.05, 3.63) is 0 Å². The maximum Gasteiger partial charge on any atom is 0.401 e. The van der Waals surface area contributed by atoms with Gasteiger partial charge in [0.15, 0.2) is 5.96 Å². The molecule has 1 saturated heterocycles. The molecule has 0 aromatic heterocycles. The van der Waals surface area contributed by atoms with Gasteiger partial charge in [-0.3, -0.25) is 9.89 Å². The molecule has 9 heteroatoms. The molecule has 0 aromatic carbocycles. The molecule has 1 heterocycles. The van der Waals surface area contributed by atoms with Crippen molar-refractivity contribution in [2.45, 2.75) is 56.8 Å². The Kier molecular flexibility index (Phi) is 10.5. The van der Waals surface area contributed by atoms with Crippen LogP contribution in [-0.4, -0.2) is 80.8 Å². The lowest BCUT2D eigenvalue weighted by molar-refractivity contribution is -0.142. The van der Waals surface area contributed by atoms with Crippen LogP contribution in [0.4, 0.5) is 13.2 Å². The summed E-state index contributed by atoms with van der Waals surface area (Å²) in [5, 5.41) is 6.53. The van der Waals surface area contributed by atoms with Gasteiger partial charge in [-0.15, -0.1) is 24.0 Å². The Labute approximate surface area is 172 Å². The molecule has 2 aliphatic rings. The van der Waals surface area contributed by atoms with Crippen molar-refractivity contribution in [1.82, 2.24) is 20.4 Å². The lowest BCUT2D eigenvalue weighted by atomic mass is 10.0. The van der Waals surface area contributed by atoms with E-state index in [2.05, 4.69) is 20.5 Å². The third kappa shape index (κ3) is 8.60. The zero-order valence-electron chi connectivity index (χ0n) is 15.8. The second kappa shape index (κ2) is 11.5. The summed E-state index contributed by atoms with van der Waals surface area (Å²) in [6.07, 6.45) is 3.43. The number of hydrogen-bond acceptors (Lipinski definition) is 3. The fourth-order valence-corrected chi connectivity index (χ4v) is 3.82. The number of aliphatic imine (C=N–C) groups is 1. The number of guanidine groups is 1. The van der Waals surface area contributed by atoms with Crippen molar-refractivity contribution in [2.24, 2.45) is 4.99 Å². The third-order valence-corrected chi connectivity index (χ3v) is 5.17. The van der Waals surface area contributed by atoms with Gasteiger partial charge in [0.05, 0.1) is 6.54 Å². The van der Waals surface area contributed by atoms with Gasteiger partial charge in [-0.25, -0.2) is 0 Å². The van der Waals surface area contributed by atoms with E-state index in [-0.39, 0.29) is 24.0 Å². The van der Waals surface area contributed by atoms with Gasteiger partial charge in [0, 0.05) is 45.3 Å². The zero-order chi connectivity index (χ0) is 18.3. The number of rotatable bonds is 6. The first-order valence-electron chi connectivity index (χ1n) is 9.34. The van der Waals surface area contributed by atoms with E-state index in [9.17, 15) is 13.2 Å². The number of likely N-dealkylation sites (tertiary alicyclic amines) is 1. The summed E-state index contributed by atoms with van der Waals surface area (Å²) in [5.41, 5.74) is 0. The molecule has 1 saturated carbocycles. The van der Waals surface area contributed by atoms with Crippen LogP contribution in [0.15, 0.2) is 4.99 Å². The molecular weight excluding hydrogens is 458 g/mol. The number of likely N-dealkylation sites (N-methyl/N-ethyl adjacent to an activating group) is 1. The number of piperidine rings is 1. The first-order chi connectivity index (χ1) is 11.9. The fourth-order valence-electron chi connectivity index (χ4n) is 3.82. The number of halogens is 4. The molecule has 1 aliphatic heterocycles. The van der Waals surface area contributed by atoms with Crippen LogP contribution >= 0.6 is 24.0 Å². The summed E-state index contributed by atoms with van der Waals surface area (Å²) in [4.78, 5) is 8.07. The van der Waals surface area contributed by atoms with E-state index in [0.717, 1.165) is 32.0 Å². The molecule has 0 amide bonds. The molecule has 0 spiro atoms. The van der Waals surface area contributed by atoms with Gasteiger partial charge < -0.3 is 15.5 Å². The van der Waals surface area contributed by atoms with Crippen molar-refractivity contribution in [3.8, 4) is 0 Å². The van der Waals surface area contributed by atoms with E-state index >= 15 is 0 Å². The fraction of sp³-hybridized carbons (Fsp3) is 0.941. The van der Waals surface area contributed by atoms with Crippen LogP contribution < -0.4 is 10.6 Å². The normalized spacial score (nSPS) is 21.1. The second-order valence-electron chi connectivity index (χ2n) is 7.24. The smallest absolute Gasteiger partial charge is 0.355 e. The van der Waals surface area contributed by atoms with Crippen LogP contribution in [0, 0.1) is 0 Å². The lowest BCUT2D eigenvalue weighted by Crippen LogP contribution is -2.51. The average Bonchev–Trinajstić information content (AvgIpc) is 3.07. The Bertz CT molecular complexity index is 419. The van der Waals surface area contributed by atoms with Crippen molar-refractivity contribution in [1.29, 1.82) is 0 Å². The number of nitrogens with one attached hydrogen (secondary N) is 2. The van der Waals surface area contributed by atoms with E-state index in [4.69, 9.17) is 0 Å². The monoisotopic (exact) mass is 491 g/mol. The molecule has 0 atom stereocenters. The molecule has 0 unspecified atom stereocenters. The molecule has 26 heavy (non-hydrogen) atoms. The van der Waals surface area contributed by atoms with Crippen molar-refractivity contribution >= 4 is 29.9 Å². The van der Waals surface area contributed by atoms with Crippen LogP contribution in [0.5, 0.6) is 0 Å². The quantitative estimate of drug-likeness (QED) is 0.341. The maximum atomic E-state index is 12.3. The molecule has 5 nitrogen and oxygen atoms in total. The third-order valence-electron chi connectivity index (χ3n) is 5.17. The van der Waals surface area contributed by atoms with E-state index in [1.807, 2.05) is 0 Å². The Balaban J connectivity index is 0.00000338. The molecule has 1 aliphatic carbocycles. The Morgan fingerprint density at radius 3 is 2.31 bits per heavy atom. The van der Waals surface area contributed by atoms with E-state index in [1.54, 1.807) is 7.05 Å².